The van der Waals surface area contributed by atoms with Gasteiger partial charge in [0.05, 0.1) is 13.2 Å². The Kier molecular flexibility index (Phi) is 10.3. The van der Waals surface area contributed by atoms with E-state index in [9.17, 15) is 9.90 Å². The van der Waals surface area contributed by atoms with Gasteiger partial charge in [-0.15, -0.1) is 0 Å². The third-order valence-corrected chi connectivity index (χ3v) is 4.69. The van der Waals surface area contributed by atoms with E-state index in [4.69, 9.17) is 4.74 Å². The van der Waals surface area contributed by atoms with E-state index in [1.165, 1.54) is 26.4 Å². The number of carbonyl (C=O) groups excluding carboxylic acids is 1. The third-order valence-electron chi connectivity index (χ3n) is 4.69. The van der Waals surface area contributed by atoms with Gasteiger partial charge in [-0.2, -0.15) is 0 Å². The van der Waals surface area contributed by atoms with Gasteiger partial charge in [0.2, 0.25) is 0 Å². The number of allylic oxidation sites excluding steroid dienone is 1. The summed E-state index contributed by atoms with van der Waals surface area (Å²) in [5.74, 6) is -0.116. The van der Waals surface area contributed by atoms with E-state index >= 15 is 0 Å². The fraction of sp³-hybridized carbons (Fsp3) is 0.850. The minimum absolute atomic E-state index is 0.0424. The van der Waals surface area contributed by atoms with Gasteiger partial charge in [-0.3, -0.25) is 4.79 Å². The van der Waals surface area contributed by atoms with E-state index in [1.54, 1.807) is 0 Å². The predicted molar refractivity (Wildman–Crippen MR) is 96.9 cm³/mol. The number of rotatable bonds is 14. The van der Waals surface area contributed by atoms with E-state index in [2.05, 4.69) is 17.7 Å². The second-order valence-corrected chi connectivity index (χ2v) is 7.10. The Balaban J connectivity index is 2.03. The number of aliphatic hydroxyl groups is 1. The summed E-state index contributed by atoms with van der Waals surface area (Å²) >= 11 is 0. The molecule has 1 rings (SSSR count). The Morgan fingerprint density at radius 2 is 1.88 bits per heavy atom. The molecule has 4 nitrogen and oxygen atoms in total. The minimum atomic E-state index is -0.836. The Labute approximate surface area is 147 Å². The lowest BCUT2D eigenvalue weighted by Crippen LogP contribution is -2.30. The Morgan fingerprint density at radius 1 is 1.17 bits per heavy atom. The first-order valence-electron chi connectivity index (χ1n) is 9.63. The van der Waals surface area contributed by atoms with Crippen LogP contribution in [0.15, 0.2) is 12.2 Å². The molecule has 3 atom stereocenters. The number of ether oxygens (including phenoxy) is 2. The van der Waals surface area contributed by atoms with Crippen molar-refractivity contribution in [3.63, 3.8) is 0 Å². The average Bonchev–Trinajstić information content (AvgIpc) is 3.34. The number of epoxide rings is 1. The quantitative estimate of drug-likeness (QED) is 0.218. The molecule has 1 saturated heterocycles. The summed E-state index contributed by atoms with van der Waals surface area (Å²) < 4.78 is 10.3. The van der Waals surface area contributed by atoms with Crippen LogP contribution in [0.25, 0.3) is 0 Å². The first-order chi connectivity index (χ1) is 11.5. The normalized spacial score (nSPS) is 22.5. The SMILES string of the molecule is CCCCC/C=C\C(C)(O)C1OC1CCCCCCCC(=O)OC. The molecule has 1 fully saturated rings. The van der Waals surface area contributed by atoms with Gasteiger partial charge in [0.25, 0.3) is 0 Å². The lowest BCUT2D eigenvalue weighted by atomic mass is 9.96. The van der Waals surface area contributed by atoms with Gasteiger partial charge >= 0.3 is 5.97 Å². The summed E-state index contributed by atoms with van der Waals surface area (Å²) in [4.78, 5) is 11.0. The van der Waals surface area contributed by atoms with Crippen LogP contribution in [-0.2, 0) is 14.3 Å². The molecule has 0 saturated carbocycles. The summed E-state index contributed by atoms with van der Waals surface area (Å²) in [6.07, 6.45) is 15.8. The second-order valence-electron chi connectivity index (χ2n) is 7.10. The third kappa shape index (κ3) is 8.84. The van der Waals surface area contributed by atoms with Crippen LogP contribution in [0.3, 0.4) is 0 Å². The molecule has 0 aliphatic carbocycles. The smallest absolute Gasteiger partial charge is 0.305 e. The molecule has 0 aromatic heterocycles. The van der Waals surface area contributed by atoms with Gasteiger partial charge in [-0.25, -0.2) is 0 Å². The van der Waals surface area contributed by atoms with Crippen LogP contribution in [-0.4, -0.2) is 36.0 Å². The van der Waals surface area contributed by atoms with Gasteiger partial charge in [0.15, 0.2) is 0 Å². The highest BCUT2D eigenvalue weighted by Crippen LogP contribution is 2.36. The summed E-state index contributed by atoms with van der Waals surface area (Å²) in [6, 6.07) is 0. The lowest BCUT2D eigenvalue weighted by Gasteiger charge is -2.16. The van der Waals surface area contributed by atoms with E-state index in [0.717, 1.165) is 44.9 Å². The summed E-state index contributed by atoms with van der Waals surface area (Å²) in [7, 11) is 1.43. The van der Waals surface area contributed by atoms with E-state index in [0.29, 0.717) is 6.42 Å². The zero-order valence-electron chi connectivity index (χ0n) is 15.8. The average molecular weight is 341 g/mol. The minimum Gasteiger partial charge on any atom is -0.469 e. The Hall–Kier alpha value is -0.870. The maximum atomic E-state index is 11.0. The summed E-state index contributed by atoms with van der Waals surface area (Å²) in [5, 5.41) is 10.5. The van der Waals surface area contributed by atoms with Gasteiger partial charge in [0, 0.05) is 6.42 Å². The van der Waals surface area contributed by atoms with Gasteiger partial charge in [-0.1, -0.05) is 57.6 Å². The summed E-state index contributed by atoms with van der Waals surface area (Å²) in [6.45, 7) is 4.04. The molecule has 4 heteroatoms. The zero-order valence-corrected chi connectivity index (χ0v) is 15.8. The van der Waals surface area contributed by atoms with Crippen LogP contribution in [0.2, 0.25) is 0 Å². The molecule has 0 bridgehead atoms. The highest BCUT2D eigenvalue weighted by Gasteiger charge is 2.49. The van der Waals surface area contributed by atoms with Crippen molar-refractivity contribution in [3.8, 4) is 0 Å². The molecule has 1 N–H and O–H groups in total. The van der Waals surface area contributed by atoms with Crippen LogP contribution in [0.1, 0.15) is 84.5 Å². The van der Waals surface area contributed by atoms with E-state index < -0.39 is 5.60 Å². The fourth-order valence-electron chi connectivity index (χ4n) is 3.05. The van der Waals surface area contributed by atoms with E-state index in [-0.39, 0.29) is 18.2 Å². The van der Waals surface area contributed by atoms with Crippen molar-refractivity contribution in [2.24, 2.45) is 0 Å². The summed E-state index contributed by atoms with van der Waals surface area (Å²) in [5.41, 5.74) is -0.836. The molecule has 1 aliphatic heterocycles. The topological polar surface area (TPSA) is 59.1 Å². The van der Waals surface area contributed by atoms with Crippen molar-refractivity contribution in [2.75, 3.05) is 7.11 Å². The number of hydrogen-bond donors (Lipinski definition) is 1. The molecule has 0 aromatic rings. The molecular formula is C20H36O4. The van der Waals surface area contributed by atoms with Crippen molar-refractivity contribution < 1.29 is 19.4 Å². The van der Waals surface area contributed by atoms with Crippen molar-refractivity contribution in [3.05, 3.63) is 12.2 Å². The zero-order chi connectivity index (χ0) is 17.8. The largest absolute Gasteiger partial charge is 0.469 e. The molecular weight excluding hydrogens is 304 g/mol. The number of esters is 1. The maximum Gasteiger partial charge on any atom is 0.305 e. The molecule has 0 spiro atoms. The lowest BCUT2D eigenvalue weighted by molar-refractivity contribution is -0.140. The Bertz CT molecular complexity index is 376. The van der Waals surface area contributed by atoms with Gasteiger partial charge in [0.1, 0.15) is 11.7 Å². The molecule has 3 unspecified atom stereocenters. The van der Waals surface area contributed by atoms with Crippen LogP contribution in [0.5, 0.6) is 0 Å². The second kappa shape index (κ2) is 11.6. The van der Waals surface area contributed by atoms with Gasteiger partial charge < -0.3 is 14.6 Å². The molecule has 1 heterocycles. The Morgan fingerprint density at radius 3 is 2.58 bits per heavy atom. The highest BCUT2D eigenvalue weighted by molar-refractivity contribution is 5.68. The maximum absolute atomic E-state index is 11.0. The highest BCUT2D eigenvalue weighted by atomic mass is 16.6. The van der Waals surface area contributed by atoms with Crippen molar-refractivity contribution >= 4 is 5.97 Å². The van der Waals surface area contributed by atoms with Crippen LogP contribution in [0, 0.1) is 0 Å². The molecule has 0 radical (unpaired) electrons. The molecule has 1 aliphatic rings. The van der Waals surface area contributed by atoms with Crippen molar-refractivity contribution in [1.29, 1.82) is 0 Å². The number of hydrogen-bond acceptors (Lipinski definition) is 4. The standard InChI is InChI=1S/C20H36O4/c1-4-5-6-10-13-16-20(2,22)19-17(24-19)14-11-8-7-9-12-15-18(21)23-3/h13,16-17,19,22H,4-12,14-15H2,1-3H3/b16-13-. The van der Waals surface area contributed by atoms with E-state index in [1.807, 2.05) is 13.0 Å². The van der Waals surface area contributed by atoms with Crippen LogP contribution < -0.4 is 0 Å². The van der Waals surface area contributed by atoms with Gasteiger partial charge in [-0.05, 0) is 32.6 Å². The molecule has 140 valence electrons. The molecule has 0 amide bonds. The first kappa shape index (κ1) is 21.2. The number of methoxy groups -OCH3 is 1. The monoisotopic (exact) mass is 340 g/mol. The van der Waals surface area contributed by atoms with Crippen molar-refractivity contribution in [2.45, 2.75) is 102 Å². The van der Waals surface area contributed by atoms with Crippen LogP contribution >= 0.6 is 0 Å². The fourth-order valence-corrected chi connectivity index (χ4v) is 3.05. The van der Waals surface area contributed by atoms with Crippen LogP contribution in [0.4, 0.5) is 0 Å². The van der Waals surface area contributed by atoms with Crippen molar-refractivity contribution in [1.82, 2.24) is 0 Å². The number of unbranched alkanes of at least 4 members (excludes halogenated alkanes) is 7. The first-order valence-corrected chi connectivity index (χ1v) is 9.63. The molecule has 24 heavy (non-hydrogen) atoms. The number of carbonyl (C=O) groups is 1. The molecule has 0 aromatic carbocycles. The predicted octanol–water partition coefficient (Wildman–Crippen LogP) is 4.55.